The second-order valence-corrected chi connectivity index (χ2v) is 5.39. The molecule has 1 aromatic carbocycles. The van der Waals surface area contributed by atoms with Crippen LogP contribution in [0, 0.1) is 11.6 Å². The molecule has 0 radical (unpaired) electrons. The van der Waals surface area contributed by atoms with Crippen molar-refractivity contribution in [2.24, 2.45) is 5.73 Å². The predicted octanol–water partition coefficient (Wildman–Crippen LogP) is 3.64. The maximum Gasteiger partial charge on any atom is 0.229 e. The van der Waals surface area contributed by atoms with E-state index in [0.29, 0.717) is 11.5 Å². The summed E-state index contributed by atoms with van der Waals surface area (Å²) in [4.78, 5) is 4.25. The lowest BCUT2D eigenvalue weighted by Gasteiger charge is -2.07. The third-order valence-electron chi connectivity index (χ3n) is 3.34. The molecule has 0 saturated carbocycles. The van der Waals surface area contributed by atoms with Gasteiger partial charge >= 0.3 is 0 Å². The Morgan fingerprint density at radius 3 is 2.62 bits per heavy atom. The SMILES string of the molecule is CC(N)CCCC(C)c1nc(-c2ccc(F)c(F)c2)no1. The van der Waals surface area contributed by atoms with Gasteiger partial charge in [-0.15, -0.1) is 0 Å². The fourth-order valence-electron chi connectivity index (χ4n) is 2.06. The van der Waals surface area contributed by atoms with Gasteiger partial charge in [-0.05, 0) is 38.0 Å². The molecule has 0 bridgehead atoms. The van der Waals surface area contributed by atoms with Crippen LogP contribution in [0.15, 0.2) is 22.7 Å². The van der Waals surface area contributed by atoms with Crippen LogP contribution in [0.1, 0.15) is 44.9 Å². The normalized spacial score (nSPS) is 14.1. The van der Waals surface area contributed by atoms with Crippen LogP contribution in [0.2, 0.25) is 0 Å². The molecular weight excluding hydrogens is 276 g/mol. The average Bonchev–Trinajstić information content (AvgIpc) is 2.91. The van der Waals surface area contributed by atoms with Crippen LogP contribution < -0.4 is 5.73 Å². The number of hydrogen-bond acceptors (Lipinski definition) is 4. The van der Waals surface area contributed by atoms with Crippen molar-refractivity contribution in [2.75, 3.05) is 0 Å². The van der Waals surface area contributed by atoms with E-state index in [1.54, 1.807) is 0 Å². The van der Waals surface area contributed by atoms with Crippen molar-refractivity contribution in [3.05, 3.63) is 35.7 Å². The van der Waals surface area contributed by atoms with Crippen LogP contribution in [0.25, 0.3) is 11.4 Å². The van der Waals surface area contributed by atoms with E-state index in [9.17, 15) is 8.78 Å². The highest BCUT2D eigenvalue weighted by Crippen LogP contribution is 2.24. The van der Waals surface area contributed by atoms with Gasteiger partial charge in [0.05, 0.1) is 0 Å². The minimum Gasteiger partial charge on any atom is -0.339 e. The molecule has 2 rings (SSSR count). The number of rotatable bonds is 6. The molecule has 21 heavy (non-hydrogen) atoms. The summed E-state index contributed by atoms with van der Waals surface area (Å²) < 4.78 is 31.3. The van der Waals surface area contributed by atoms with Gasteiger partial charge in [-0.25, -0.2) is 8.78 Å². The first kappa shape index (κ1) is 15.6. The fourth-order valence-corrected chi connectivity index (χ4v) is 2.06. The standard InChI is InChI=1S/C15H19F2N3O/c1-9(4-3-5-10(2)18)15-19-14(20-21-15)11-6-7-12(16)13(17)8-11/h6-10H,3-5,18H2,1-2H3. The second kappa shape index (κ2) is 6.76. The van der Waals surface area contributed by atoms with Crippen molar-refractivity contribution in [3.63, 3.8) is 0 Å². The van der Waals surface area contributed by atoms with Gasteiger partial charge in [0.15, 0.2) is 11.6 Å². The topological polar surface area (TPSA) is 64.9 Å². The molecule has 0 spiro atoms. The zero-order valence-corrected chi connectivity index (χ0v) is 12.1. The molecule has 0 aliphatic rings. The summed E-state index contributed by atoms with van der Waals surface area (Å²) in [5.74, 6) is -0.951. The van der Waals surface area contributed by atoms with Crippen LogP contribution in [-0.4, -0.2) is 16.2 Å². The van der Waals surface area contributed by atoms with Crippen molar-refractivity contribution in [1.82, 2.24) is 10.1 Å². The lowest BCUT2D eigenvalue weighted by Crippen LogP contribution is -2.14. The van der Waals surface area contributed by atoms with Gasteiger partial charge in [0, 0.05) is 17.5 Å². The minimum absolute atomic E-state index is 0.107. The summed E-state index contributed by atoms with van der Waals surface area (Å²) in [5.41, 5.74) is 6.10. The zero-order valence-electron chi connectivity index (χ0n) is 12.1. The van der Waals surface area contributed by atoms with Crippen LogP contribution in [0.5, 0.6) is 0 Å². The molecule has 2 aromatic rings. The van der Waals surface area contributed by atoms with Crippen molar-refractivity contribution in [2.45, 2.75) is 45.1 Å². The Balaban J connectivity index is 2.05. The van der Waals surface area contributed by atoms with Crippen molar-refractivity contribution in [1.29, 1.82) is 0 Å². The van der Waals surface area contributed by atoms with Gasteiger partial charge in [0.25, 0.3) is 0 Å². The summed E-state index contributed by atoms with van der Waals surface area (Å²) in [5, 5.41) is 3.82. The molecule has 2 N–H and O–H groups in total. The lowest BCUT2D eigenvalue weighted by molar-refractivity contribution is 0.350. The van der Waals surface area contributed by atoms with E-state index in [0.717, 1.165) is 31.4 Å². The third kappa shape index (κ3) is 4.07. The summed E-state index contributed by atoms with van der Waals surface area (Å²) in [6.07, 6.45) is 2.80. The first-order valence-electron chi connectivity index (χ1n) is 7.02. The second-order valence-electron chi connectivity index (χ2n) is 5.39. The first-order valence-corrected chi connectivity index (χ1v) is 7.02. The van der Waals surface area contributed by atoms with Gasteiger partial charge in [-0.1, -0.05) is 18.5 Å². The molecule has 1 aromatic heterocycles. The molecule has 1 heterocycles. The van der Waals surface area contributed by atoms with Crippen LogP contribution in [0.4, 0.5) is 8.78 Å². The van der Waals surface area contributed by atoms with Gasteiger partial charge in [-0.3, -0.25) is 0 Å². The Labute approximate surface area is 122 Å². The molecule has 0 saturated heterocycles. The Bertz CT molecular complexity index is 598. The number of aromatic nitrogens is 2. The van der Waals surface area contributed by atoms with Crippen LogP contribution in [-0.2, 0) is 0 Å². The molecule has 0 fully saturated rings. The lowest BCUT2D eigenvalue weighted by atomic mass is 10.0. The van der Waals surface area contributed by atoms with Crippen molar-refractivity contribution >= 4 is 0 Å². The van der Waals surface area contributed by atoms with E-state index in [2.05, 4.69) is 10.1 Å². The van der Waals surface area contributed by atoms with E-state index >= 15 is 0 Å². The molecule has 0 aliphatic carbocycles. The maximum atomic E-state index is 13.2. The third-order valence-corrected chi connectivity index (χ3v) is 3.34. The smallest absolute Gasteiger partial charge is 0.229 e. The Kier molecular flexibility index (Phi) is 5.01. The molecule has 0 amide bonds. The molecule has 6 heteroatoms. The minimum atomic E-state index is -0.927. The highest BCUT2D eigenvalue weighted by molar-refractivity contribution is 5.54. The van der Waals surface area contributed by atoms with E-state index < -0.39 is 11.6 Å². The number of hydrogen-bond donors (Lipinski definition) is 1. The number of halogens is 2. The largest absolute Gasteiger partial charge is 0.339 e. The Morgan fingerprint density at radius 2 is 1.95 bits per heavy atom. The maximum absolute atomic E-state index is 13.2. The Hall–Kier alpha value is -1.82. The molecule has 2 unspecified atom stereocenters. The fraction of sp³-hybridized carbons (Fsp3) is 0.467. The zero-order chi connectivity index (χ0) is 15.4. The summed E-state index contributed by atoms with van der Waals surface area (Å²) >= 11 is 0. The first-order chi connectivity index (χ1) is 9.97. The summed E-state index contributed by atoms with van der Waals surface area (Å²) in [6, 6.07) is 3.71. The van der Waals surface area contributed by atoms with E-state index in [4.69, 9.17) is 10.3 Å². The van der Waals surface area contributed by atoms with E-state index in [1.807, 2.05) is 13.8 Å². The van der Waals surface area contributed by atoms with Gasteiger partial charge in [0.2, 0.25) is 11.7 Å². The molecular formula is C15H19F2N3O. The predicted molar refractivity (Wildman–Crippen MR) is 75.6 cm³/mol. The molecule has 4 nitrogen and oxygen atoms in total. The van der Waals surface area contributed by atoms with Gasteiger partial charge < -0.3 is 10.3 Å². The summed E-state index contributed by atoms with van der Waals surface area (Å²) in [6.45, 7) is 3.96. The number of nitrogens with zero attached hydrogens (tertiary/aromatic N) is 2. The Morgan fingerprint density at radius 1 is 1.19 bits per heavy atom. The average molecular weight is 295 g/mol. The van der Waals surface area contributed by atoms with Gasteiger partial charge in [0.1, 0.15) is 0 Å². The van der Waals surface area contributed by atoms with E-state index in [1.165, 1.54) is 6.07 Å². The highest BCUT2D eigenvalue weighted by atomic mass is 19.2. The van der Waals surface area contributed by atoms with E-state index in [-0.39, 0.29) is 17.8 Å². The van der Waals surface area contributed by atoms with Crippen molar-refractivity contribution < 1.29 is 13.3 Å². The molecule has 2 atom stereocenters. The molecule has 114 valence electrons. The van der Waals surface area contributed by atoms with Crippen molar-refractivity contribution in [3.8, 4) is 11.4 Å². The monoisotopic (exact) mass is 295 g/mol. The number of benzene rings is 1. The molecule has 0 aliphatic heterocycles. The van der Waals surface area contributed by atoms with Crippen LogP contribution >= 0.6 is 0 Å². The quantitative estimate of drug-likeness (QED) is 0.883. The van der Waals surface area contributed by atoms with Gasteiger partial charge in [-0.2, -0.15) is 4.98 Å². The highest BCUT2D eigenvalue weighted by Gasteiger charge is 2.16. The van der Waals surface area contributed by atoms with Crippen LogP contribution in [0.3, 0.4) is 0 Å². The summed E-state index contributed by atoms with van der Waals surface area (Å²) in [7, 11) is 0. The number of nitrogens with two attached hydrogens (primary N) is 1.